The van der Waals surface area contributed by atoms with Gasteiger partial charge in [-0.05, 0) is 6.42 Å². The largest absolute Gasteiger partial charge is 0.480 e. The Balaban J connectivity index is 0. The highest BCUT2D eigenvalue weighted by atomic mass is 35.5. The molecule has 0 aliphatic rings. The lowest BCUT2D eigenvalue weighted by Crippen LogP contribution is -2.46. The highest BCUT2D eigenvalue weighted by Crippen LogP contribution is 2.25. The minimum absolute atomic E-state index is 0. The van der Waals surface area contributed by atoms with Crippen LogP contribution in [0.2, 0.25) is 0 Å². The molecule has 0 fully saturated rings. The van der Waals surface area contributed by atoms with Gasteiger partial charge in [0, 0.05) is 0 Å². The molecule has 0 aromatic heterocycles. The lowest BCUT2D eigenvalue weighted by atomic mass is 9.83. The molecule has 0 atom stereocenters. The van der Waals surface area contributed by atoms with Gasteiger partial charge in [0.05, 0.1) is 0 Å². The number of carbonyl (C=O) groups is 3. The highest BCUT2D eigenvalue weighted by Gasteiger charge is 2.53. The van der Waals surface area contributed by atoms with E-state index in [0.717, 1.165) is 0 Å². The minimum Gasteiger partial charge on any atom is -0.480 e. The Kier molecular flexibility index (Phi) is 5.89. The normalized spacial score (nSPS) is 10.1. The van der Waals surface area contributed by atoms with Crippen molar-refractivity contribution < 1.29 is 29.7 Å². The van der Waals surface area contributed by atoms with Gasteiger partial charge < -0.3 is 15.3 Å². The van der Waals surface area contributed by atoms with Gasteiger partial charge in [-0.3, -0.25) is 14.4 Å². The number of hydrogen-bond acceptors (Lipinski definition) is 3. The molecule has 6 nitrogen and oxygen atoms in total. The standard InChI is InChI=1S/C7H10O6.ClH/c1-2-3-7(4(8)9,5(10)11)6(12)13;/h2-3H2,1H3,(H,8,9)(H,10,11)(H,12,13);1H. The maximum atomic E-state index is 10.5. The summed E-state index contributed by atoms with van der Waals surface area (Å²) in [5.41, 5.74) is -2.70. The fourth-order valence-corrected chi connectivity index (χ4v) is 0.970. The van der Waals surface area contributed by atoms with Crippen molar-refractivity contribution in [1.82, 2.24) is 0 Å². The average Bonchev–Trinajstić information content (AvgIpc) is 1.97. The van der Waals surface area contributed by atoms with E-state index in [1.807, 2.05) is 0 Å². The van der Waals surface area contributed by atoms with Crippen molar-refractivity contribution in [3.63, 3.8) is 0 Å². The van der Waals surface area contributed by atoms with Crippen LogP contribution in [0.5, 0.6) is 0 Å². The van der Waals surface area contributed by atoms with Crippen molar-refractivity contribution in [2.75, 3.05) is 0 Å². The number of rotatable bonds is 5. The second-order valence-corrected chi connectivity index (χ2v) is 2.57. The van der Waals surface area contributed by atoms with E-state index < -0.39 is 29.7 Å². The Hall–Kier alpha value is -1.30. The average molecular weight is 227 g/mol. The monoisotopic (exact) mass is 226 g/mol. The summed E-state index contributed by atoms with van der Waals surface area (Å²) in [5.74, 6) is -5.52. The van der Waals surface area contributed by atoms with Gasteiger partial charge in [-0.1, -0.05) is 13.3 Å². The molecule has 0 radical (unpaired) electrons. The molecule has 0 aliphatic carbocycles. The van der Waals surface area contributed by atoms with Crippen molar-refractivity contribution in [2.45, 2.75) is 19.8 Å². The number of aliphatic carboxylic acids is 3. The Morgan fingerprint density at radius 3 is 1.36 bits per heavy atom. The van der Waals surface area contributed by atoms with E-state index in [1.165, 1.54) is 6.92 Å². The van der Waals surface area contributed by atoms with Gasteiger partial charge in [-0.2, -0.15) is 0 Å². The second-order valence-electron chi connectivity index (χ2n) is 2.57. The first-order valence-electron chi connectivity index (χ1n) is 3.59. The van der Waals surface area contributed by atoms with E-state index in [-0.39, 0.29) is 18.8 Å². The molecule has 0 saturated carbocycles. The molecule has 0 bridgehead atoms. The zero-order valence-electron chi connectivity index (χ0n) is 7.39. The molecule has 0 aromatic carbocycles. The lowest BCUT2D eigenvalue weighted by Gasteiger charge is -2.18. The van der Waals surface area contributed by atoms with Crippen molar-refractivity contribution in [2.24, 2.45) is 5.41 Å². The van der Waals surface area contributed by atoms with Crippen LogP contribution in [-0.4, -0.2) is 33.2 Å². The van der Waals surface area contributed by atoms with Gasteiger partial charge in [-0.15, -0.1) is 12.4 Å². The maximum absolute atomic E-state index is 10.5. The van der Waals surface area contributed by atoms with E-state index in [0.29, 0.717) is 0 Å². The third-order valence-electron chi connectivity index (χ3n) is 1.72. The summed E-state index contributed by atoms with van der Waals surface area (Å²) >= 11 is 0. The Morgan fingerprint density at radius 2 is 1.29 bits per heavy atom. The topological polar surface area (TPSA) is 112 Å². The van der Waals surface area contributed by atoms with Gasteiger partial charge in [0.25, 0.3) is 5.41 Å². The molecule has 0 heterocycles. The summed E-state index contributed by atoms with van der Waals surface area (Å²) in [5, 5.41) is 25.6. The smallest absolute Gasteiger partial charge is 0.332 e. The predicted molar refractivity (Wildman–Crippen MR) is 47.5 cm³/mol. The molecule has 0 amide bonds. The van der Waals surface area contributed by atoms with Crippen LogP contribution >= 0.6 is 12.4 Å². The molecular weight excluding hydrogens is 216 g/mol. The van der Waals surface area contributed by atoms with Gasteiger partial charge >= 0.3 is 17.9 Å². The summed E-state index contributed by atoms with van der Waals surface area (Å²) in [7, 11) is 0. The Bertz CT molecular complexity index is 213. The fraction of sp³-hybridized carbons (Fsp3) is 0.571. The molecule has 0 rings (SSSR count). The number of hydrogen-bond donors (Lipinski definition) is 3. The molecular formula is C7H11ClO6. The first-order chi connectivity index (χ1) is 5.89. The van der Waals surface area contributed by atoms with Gasteiger partial charge in [0.2, 0.25) is 0 Å². The molecule has 0 saturated heterocycles. The number of carboxylic acid groups (broad SMARTS) is 3. The first kappa shape index (κ1) is 15.2. The molecule has 0 unspecified atom stereocenters. The van der Waals surface area contributed by atoms with Gasteiger partial charge in [0.15, 0.2) is 0 Å². The van der Waals surface area contributed by atoms with E-state index in [2.05, 4.69) is 0 Å². The van der Waals surface area contributed by atoms with Gasteiger partial charge in [-0.25, -0.2) is 0 Å². The molecule has 3 N–H and O–H groups in total. The lowest BCUT2D eigenvalue weighted by molar-refractivity contribution is -0.176. The third-order valence-corrected chi connectivity index (χ3v) is 1.72. The quantitative estimate of drug-likeness (QED) is 0.587. The fourth-order valence-electron chi connectivity index (χ4n) is 0.970. The van der Waals surface area contributed by atoms with Crippen LogP contribution in [0, 0.1) is 5.41 Å². The molecule has 7 heteroatoms. The van der Waals surface area contributed by atoms with Crippen LogP contribution in [0.15, 0.2) is 0 Å². The van der Waals surface area contributed by atoms with Crippen LogP contribution in [0.1, 0.15) is 19.8 Å². The van der Waals surface area contributed by atoms with Crippen LogP contribution in [0.25, 0.3) is 0 Å². The van der Waals surface area contributed by atoms with Crippen molar-refractivity contribution in [3.05, 3.63) is 0 Å². The summed E-state index contributed by atoms with van der Waals surface area (Å²) < 4.78 is 0. The SMILES string of the molecule is CCCC(C(=O)O)(C(=O)O)C(=O)O.Cl. The van der Waals surface area contributed by atoms with Crippen LogP contribution in [0.4, 0.5) is 0 Å². The second kappa shape index (κ2) is 5.43. The zero-order valence-corrected chi connectivity index (χ0v) is 8.21. The van der Waals surface area contributed by atoms with Gasteiger partial charge in [0.1, 0.15) is 0 Å². The molecule has 0 aliphatic heterocycles. The Morgan fingerprint density at radius 1 is 1.00 bits per heavy atom. The summed E-state index contributed by atoms with van der Waals surface area (Å²) in [6.07, 6.45) is -0.252. The number of halogens is 1. The summed E-state index contributed by atoms with van der Waals surface area (Å²) in [6, 6.07) is 0. The summed E-state index contributed by atoms with van der Waals surface area (Å²) in [6.45, 7) is 1.52. The number of carboxylic acids is 3. The van der Waals surface area contributed by atoms with Crippen molar-refractivity contribution in [1.29, 1.82) is 0 Å². The van der Waals surface area contributed by atoms with Crippen LogP contribution in [0.3, 0.4) is 0 Å². The molecule has 14 heavy (non-hydrogen) atoms. The van der Waals surface area contributed by atoms with Crippen molar-refractivity contribution in [3.8, 4) is 0 Å². The van der Waals surface area contributed by atoms with Crippen molar-refractivity contribution >= 4 is 30.3 Å². The predicted octanol–water partition coefficient (Wildman–Crippen LogP) is 0.448. The third kappa shape index (κ3) is 2.35. The molecule has 0 aromatic rings. The highest BCUT2D eigenvalue weighted by molar-refractivity contribution is 6.16. The first-order valence-corrected chi connectivity index (χ1v) is 3.59. The van der Waals surface area contributed by atoms with E-state index in [9.17, 15) is 14.4 Å². The van der Waals surface area contributed by atoms with Crippen LogP contribution in [-0.2, 0) is 14.4 Å². The molecule has 0 spiro atoms. The Labute approximate surface area is 85.9 Å². The molecule has 82 valence electrons. The summed E-state index contributed by atoms with van der Waals surface area (Å²) in [4.78, 5) is 31.6. The minimum atomic E-state index is -2.70. The maximum Gasteiger partial charge on any atom is 0.332 e. The van der Waals surface area contributed by atoms with E-state index >= 15 is 0 Å². The van der Waals surface area contributed by atoms with Crippen LogP contribution < -0.4 is 0 Å². The zero-order chi connectivity index (χ0) is 10.6. The van der Waals surface area contributed by atoms with E-state index in [1.54, 1.807) is 0 Å². The van der Waals surface area contributed by atoms with E-state index in [4.69, 9.17) is 15.3 Å².